The van der Waals surface area contributed by atoms with Gasteiger partial charge in [0.15, 0.2) is 0 Å². The molecule has 2 aromatic heterocycles. The Morgan fingerprint density at radius 1 is 1.14 bits per heavy atom. The quantitative estimate of drug-likeness (QED) is 0.773. The Hall–Kier alpha value is -2.96. The molecule has 0 unspecified atom stereocenters. The van der Waals surface area contributed by atoms with Crippen LogP contribution in [0.3, 0.4) is 0 Å². The van der Waals surface area contributed by atoms with Gasteiger partial charge in [0.2, 0.25) is 11.7 Å². The van der Waals surface area contributed by atoms with E-state index in [-0.39, 0.29) is 0 Å². The molecule has 0 atom stereocenters. The normalized spacial score (nSPS) is 10.5. The molecule has 0 saturated carbocycles. The molecule has 3 aromatic rings. The van der Waals surface area contributed by atoms with Crippen LogP contribution in [-0.2, 0) is 6.54 Å². The lowest BCUT2D eigenvalue weighted by molar-refractivity contribution is 0.384. The minimum absolute atomic E-state index is 0.406. The van der Waals surface area contributed by atoms with Crippen LogP contribution in [0.4, 0.5) is 11.6 Å². The lowest BCUT2D eigenvalue weighted by Gasteiger charge is -2.11. The van der Waals surface area contributed by atoms with Gasteiger partial charge in [0.1, 0.15) is 18.0 Å². The fourth-order valence-electron chi connectivity index (χ4n) is 1.89. The van der Waals surface area contributed by atoms with Gasteiger partial charge in [-0.3, -0.25) is 0 Å². The first-order valence-electron chi connectivity index (χ1n) is 6.83. The molecule has 1 N–H and O–H groups in total. The highest BCUT2D eigenvalue weighted by atomic mass is 16.5. The standard InChI is InChI=1S/C15H16N6O/c1-21(2)13-8-12(17-10-18-13)16-9-14-19-15(20-22-14)11-6-4-3-5-7-11/h3-8,10H,9H2,1-2H3,(H,16,17,18). The van der Waals surface area contributed by atoms with Crippen molar-refractivity contribution in [2.75, 3.05) is 24.3 Å². The molecule has 1 aromatic carbocycles. The van der Waals surface area contributed by atoms with Crippen LogP contribution in [0, 0.1) is 0 Å². The summed E-state index contributed by atoms with van der Waals surface area (Å²) >= 11 is 0. The van der Waals surface area contributed by atoms with E-state index in [0.717, 1.165) is 11.4 Å². The van der Waals surface area contributed by atoms with Crippen LogP contribution >= 0.6 is 0 Å². The van der Waals surface area contributed by atoms with Gasteiger partial charge >= 0.3 is 0 Å². The van der Waals surface area contributed by atoms with Crippen molar-refractivity contribution >= 4 is 11.6 Å². The van der Waals surface area contributed by atoms with Crippen LogP contribution in [0.15, 0.2) is 47.2 Å². The summed E-state index contributed by atoms with van der Waals surface area (Å²) in [6.45, 7) is 0.406. The predicted octanol–water partition coefficient (Wildman–Crippen LogP) is 2.20. The second-order valence-corrected chi connectivity index (χ2v) is 4.89. The molecule has 2 heterocycles. The number of hydrogen-bond donors (Lipinski definition) is 1. The summed E-state index contributed by atoms with van der Waals surface area (Å²) in [7, 11) is 3.85. The Labute approximate surface area is 128 Å². The zero-order chi connectivity index (χ0) is 15.4. The Balaban J connectivity index is 1.67. The summed E-state index contributed by atoms with van der Waals surface area (Å²) in [6, 6.07) is 11.6. The van der Waals surface area contributed by atoms with E-state index in [1.807, 2.05) is 55.4 Å². The number of anilines is 2. The predicted molar refractivity (Wildman–Crippen MR) is 83.4 cm³/mol. The summed E-state index contributed by atoms with van der Waals surface area (Å²) in [5.74, 6) is 2.61. The van der Waals surface area contributed by atoms with E-state index in [2.05, 4.69) is 25.4 Å². The molecule has 0 aliphatic heterocycles. The molecule has 0 radical (unpaired) electrons. The lowest BCUT2D eigenvalue weighted by atomic mass is 10.2. The lowest BCUT2D eigenvalue weighted by Crippen LogP contribution is -2.11. The van der Waals surface area contributed by atoms with Crippen molar-refractivity contribution in [3.05, 3.63) is 48.6 Å². The number of benzene rings is 1. The number of aromatic nitrogens is 4. The summed E-state index contributed by atoms with van der Waals surface area (Å²) in [5, 5.41) is 7.12. The monoisotopic (exact) mass is 296 g/mol. The van der Waals surface area contributed by atoms with E-state index in [1.54, 1.807) is 0 Å². The largest absolute Gasteiger partial charge is 0.363 e. The number of rotatable bonds is 5. The van der Waals surface area contributed by atoms with Gasteiger partial charge in [0.25, 0.3) is 0 Å². The molecule has 0 amide bonds. The first kappa shape index (κ1) is 14.0. The molecular formula is C15H16N6O. The summed E-state index contributed by atoms with van der Waals surface area (Å²) in [6.07, 6.45) is 1.51. The zero-order valence-corrected chi connectivity index (χ0v) is 12.4. The molecule has 0 aliphatic carbocycles. The number of nitrogens with one attached hydrogen (secondary N) is 1. The SMILES string of the molecule is CN(C)c1cc(NCc2nc(-c3ccccc3)no2)ncn1. The minimum Gasteiger partial charge on any atom is -0.363 e. The maximum atomic E-state index is 5.24. The maximum absolute atomic E-state index is 5.24. The van der Waals surface area contributed by atoms with Crippen LogP contribution in [0.5, 0.6) is 0 Å². The first-order chi connectivity index (χ1) is 10.7. The zero-order valence-electron chi connectivity index (χ0n) is 12.4. The van der Waals surface area contributed by atoms with Crippen molar-refractivity contribution < 1.29 is 4.52 Å². The third-order valence-corrected chi connectivity index (χ3v) is 3.03. The van der Waals surface area contributed by atoms with Gasteiger partial charge in [-0.05, 0) is 0 Å². The summed E-state index contributed by atoms with van der Waals surface area (Å²) in [4.78, 5) is 14.6. The van der Waals surface area contributed by atoms with E-state index in [0.29, 0.717) is 24.1 Å². The number of hydrogen-bond acceptors (Lipinski definition) is 7. The van der Waals surface area contributed by atoms with Crippen LogP contribution < -0.4 is 10.2 Å². The Morgan fingerprint density at radius 3 is 2.73 bits per heavy atom. The third-order valence-electron chi connectivity index (χ3n) is 3.03. The second kappa shape index (κ2) is 6.21. The van der Waals surface area contributed by atoms with Crippen molar-refractivity contribution in [1.82, 2.24) is 20.1 Å². The highest BCUT2D eigenvalue weighted by Crippen LogP contribution is 2.16. The van der Waals surface area contributed by atoms with E-state index < -0.39 is 0 Å². The highest BCUT2D eigenvalue weighted by Gasteiger charge is 2.08. The van der Waals surface area contributed by atoms with Crippen LogP contribution in [0.25, 0.3) is 11.4 Å². The molecule has 7 heteroatoms. The highest BCUT2D eigenvalue weighted by molar-refractivity contribution is 5.53. The van der Waals surface area contributed by atoms with E-state index in [1.165, 1.54) is 6.33 Å². The molecule has 112 valence electrons. The van der Waals surface area contributed by atoms with E-state index in [4.69, 9.17) is 4.52 Å². The smallest absolute Gasteiger partial charge is 0.246 e. The molecule has 0 spiro atoms. The number of nitrogens with zero attached hydrogens (tertiary/aromatic N) is 5. The van der Waals surface area contributed by atoms with Crippen molar-refractivity contribution in [1.29, 1.82) is 0 Å². The van der Waals surface area contributed by atoms with Gasteiger partial charge in [0.05, 0.1) is 6.54 Å². The topological polar surface area (TPSA) is 80.0 Å². The molecule has 7 nitrogen and oxygen atoms in total. The summed E-state index contributed by atoms with van der Waals surface area (Å²) < 4.78 is 5.24. The minimum atomic E-state index is 0.406. The van der Waals surface area contributed by atoms with Gasteiger partial charge in [0, 0.05) is 25.7 Å². The van der Waals surface area contributed by atoms with Crippen molar-refractivity contribution in [3.8, 4) is 11.4 Å². The molecule has 0 bridgehead atoms. The average molecular weight is 296 g/mol. The van der Waals surface area contributed by atoms with Gasteiger partial charge in [-0.25, -0.2) is 9.97 Å². The van der Waals surface area contributed by atoms with E-state index >= 15 is 0 Å². The van der Waals surface area contributed by atoms with Gasteiger partial charge in [-0.15, -0.1) is 0 Å². The van der Waals surface area contributed by atoms with Crippen LogP contribution in [0.1, 0.15) is 5.89 Å². The Morgan fingerprint density at radius 2 is 1.95 bits per heavy atom. The van der Waals surface area contributed by atoms with Gasteiger partial charge in [-0.2, -0.15) is 4.98 Å². The average Bonchev–Trinajstić information content (AvgIpc) is 3.03. The van der Waals surface area contributed by atoms with Gasteiger partial charge < -0.3 is 14.7 Å². The Kier molecular flexibility index (Phi) is 3.95. The third kappa shape index (κ3) is 3.20. The summed E-state index contributed by atoms with van der Waals surface area (Å²) in [5.41, 5.74) is 0.925. The van der Waals surface area contributed by atoms with Gasteiger partial charge in [-0.1, -0.05) is 35.5 Å². The molecule has 0 saturated heterocycles. The molecule has 0 fully saturated rings. The fourth-order valence-corrected chi connectivity index (χ4v) is 1.89. The van der Waals surface area contributed by atoms with Crippen molar-refractivity contribution in [2.45, 2.75) is 6.54 Å². The second-order valence-electron chi connectivity index (χ2n) is 4.89. The van der Waals surface area contributed by atoms with Crippen molar-refractivity contribution in [3.63, 3.8) is 0 Å². The fraction of sp³-hybridized carbons (Fsp3) is 0.200. The van der Waals surface area contributed by atoms with Crippen molar-refractivity contribution in [2.24, 2.45) is 0 Å². The Bertz CT molecular complexity index is 741. The van der Waals surface area contributed by atoms with Crippen LogP contribution in [0.2, 0.25) is 0 Å². The molecular weight excluding hydrogens is 280 g/mol. The molecule has 0 aliphatic rings. The first-order valence-corrected chi connectivity index (χ1v) is 6.83. The molecule has 22 heavy (non-hydrogen) atoms. The van der Waals surface area contributed by atoms with E-state index in [9.17, 15) is 0 Å². The maximum Gasteiger partial charge on any atom is 0.246 e. The van der Waals surface area contributed by atoms with Crippen LogP contribution in [-0.4, -0.2) is 34.2 Å². The molecule has 3 rings (SSSR count).